The normalized spacial score (nSPS) is 30.2. The molecule has 2 atom stereocenters. The van der Waals surface area contributed by atoms with Crippen molar-refractivity contribution in [3.05, 3.63) is 0 Å². The molecule has 1 heterocycles. The van der Waals surface area contributed by atoms with Crippen LogP contribution in [0.2, 0.25) is 0 Å². The van der Waals surface area contributed by atoms with Crippen LogP contribution in [0.15, 0.2) is 0 Å². The van der Waals surface area contributed by atoms with Gasteiger partial charge in [0.15, 0.2) is 0 Å². The Morgan fingerprint density at radius 2 is 2.12 bits per heavy atom. The number of hydrogen-bond acceptors (Lipinski definition) is 4. The lowest BCUT2D eigenvalue weighted by molar-refractivity contribution is -0.119. The molecular weight excluding hydrogens is 222 g/mol. The standard InChI is InChI=1S/C12H23NO4/c1-5-12(16)6-7-13(8-9(12)14)10(15)17-11(2,3)4/h9,14,16H,5-8H2,1-4H3/t9-,12+/m1/s1. The largest absolute Gasteiger partial charge is 0.444 e. The van der Waals surface area contributed by atoms with Gasteiger partial charge in [0, 0.05) is 6.54 Å². The number of aliphatic hydroxyl groups excluding tert-OH is 1. The summed E-state index contributed by atoms with van der Waals surface area (Å²) in [6.07, 6.45) is -0.483. The molecule has 0 radical (unpaired) electrons. The smallest absolute Gasteiger partial charge is 0.410 e. The molecule has 0 saturated carbocycles. The number of likely N-dealkylation sites (tertiary alicyclic amines) is 1. The summed E-state index contributed by atoms with van der Waals surface area (Å²) in [6, 6.07) is 0. The maximum Gasteiger partial charge on any atom is 0.410 e. The highest BCUT2D eigenvalue weighted by molar-refractivity contribution is 5.68. The summed E-state index contributed by atoms with van der Waals surface area (Å²) < 4.78 is 5.22. The van der Waals surface area contributed by atoms with Crippen LogP contribution in [0.25, 0.3) is 0 Å². The molecule has 2 N–H and O–H groups in total. The molecule has 100 valence electrons. The fraction of sp³-hybridized carbons (Fsp3) is 0.917. The molecule has 5 heteroatoms. The van der Waals surface area contributed by atoms with E-state index in [4.69, 9.17) is 4.74 Å². The zero-order valence-corrected chi connectivity index (χ0v) is 11.1. The number of carbonyl (C=O) groups is 1. The Bertz CT molecular complexity index is 287. The topological polar surface area (TPSA) is 70.0 Å². The van der Waals surface area contributed by atoms with Gasteiger partial charge in [-0.05, 0) is 33.6 Å². The molecule has 5 nitrogen and oxygen atoms in total. The van der Waals surface area contributed by atoms with E-state index >= 15 is 0 Å². The second-order valence-electron chi connectivity index (χ2n) is 5.65. The Balaban J connectivity index is 2.58. The number of hydrogen-bond donors (Lipinski definition) is 2. The number of carbonyl (C=O) groups excluding carboxylic acids is 1. The van der Waals surface area contributed by atoms with E-state index in [1.54, 1.807) is 20.8 Å². The third-order valence-corrected chi connectivity index (χ3v) is 3.09. The summed E-state index contributed by atoms with van der Waals surface area (Å²) in [5.41, 5.74) is -1.61. The minimum Gasteiger partial charge on any atom is -0.444 e. The van der Waals surface area contributed by atoms with Crippen LogP contribution in [0.5, 0.6) is 0 Å². The molecule has 0 aliphatic carbocycles. The average Bonchev–Trinajstić information content (AvgIpc) is 2.19. The van der Waals surface area contributed by atoms with E-state index < -0.39 is 23.4 Å². The molecule has 0 aromatic carbocycles. The second-order valence-corrected chi connectivity index (χ2v) is 5.65. The minimum atomic E-state index is -1.07. The monoisotopic (exact) mass is 245 g/mol. The van der Waals surface area contributed by atoms with Crippen LogP contribution in [0.1, 0.15) is 40.5 Å². The lowest BCUT2D eigenvalue weighted by Gasteiger charge is -2.41. The first kappa shape index (κ1) is 14.3. The minimum absolute atomic E-state index is 0.124. The summed E-state index contributed by atoms with van der Waals surface area (Å²) in [4.78, 5) is 13.2. The number of piperidine rings is 1. The summed E-state index contributed by atoms with van der Waals surface area (Å²) in [7, 11) is 0. The first-order valence-electron chi connectivity index (χ1n) is 6.06. The van der Waals surface area contributed by atoms with Gasteiger partial charge in [0.25, 0.3) is 0 Å². The van der Waals surface area contributed by atoms with Crippen molar-refractivity contribution in [1.82, 2.24) is 4.90 Å². The quantitative estimate of drug-likeness (QED) is 0.726. The highest BCUT2D eigenvalue weighted by Gasteiger charge is 2.41. The molecule has 0 spiro atoms. The molecule has 17 heavy (non-hydrogen) atoms. The van der Waals surface area contributed by atoms with Crippen LogP contribution >= 0.6 is 0 Å². The first-order valence-corrected chi connectivity index (χ1v) is 6.06. The Hall–Kier alpha value is -0.810. The Morgan fingerprint density at radius 3 is 2.53 bits per heavy atom. The molecule has 1 saturated heterocycles. The van der Waals surface area contributed by atoms with Crippen LogP contribution in [0.4, 0.5) is 4.79 Å². The number of aliphatic hydroxyl groups is 2. The van der Waals surface area contributed by atoms with E-state index in [0.29, 0.717) is 19.4 Å². The van der Waals surface area contributed by atoms with Gasteiger partial charge >= 0.3 is 6.09 Å². The van der Waals surface area contributed by atoms with Crippen molar-refractivity contribution in [2.24, 2.45) is 0 Å². The average molecular weight is 245 g/mol. The van der Waals surface area contributed by atoms with Crippen LogP contribution in [-0.4, -0.2) is 51.6 Å². The van der Waals surface area contributed by atoms with Crippen LogP contribution in [-0.2, 0) is 4.74 Å². The van der Waals surface area contributed by atoms with Crippen molar-refractivity contribution in [3.63, 3.8) is 0 Å². The number of rotatable bonds is 1. The molecular formula is C12H23NO4. The molecule has 1 fully saturated rings. The van der Waals surface area contributed by atoms with Crippen molar-refractivity contribution >= 4 is 6.09 Å². The van der Waals surface area contributed by atoms with E-state index in [0.717, 1.165) is 0 Å². The van der Waals surface area contributed by atoms with E-state index in [1.165, 1.54) is 4.90 Å². The van der Waals surface area contributed by atoms with Gasteiger partial charge < -0.3 is 19.8 Å². The SMILES string of the molecule is CC[C@]1(O)CCN(C(=O)OC(C)(C)C)C[C@H]1O. The molecule has 0 aromatic rings. The molecule has 0 unspecified atom stereocenters. The highest BCUT2D eigenvalue weighted by Crippen LogP contribution is 2.26. The van der Waals surface area contributed by atoms with Crippen molar-refractivity contribution in [1.29, 1.82) is 0 Å². The number of ether oxygens (including phenoxy) is 1. The predicted octanol–water partition coefficient (Wildman–Crippen LogP) is 1.13. The number of amides is 1. The van der Waals surface area contributed by atoms with Gasteiger partial charge in [0.1, 0.15) is 11.7 Å². The molecule has 1 aliphatic heterocycles. The summed E-state index contributed by atoms with van der Waals surface area (Å²) >= 11 is 0. The zero-order valence-electron chi connectivity index (χ0n) is 11.1. The Labute approximate surface area is 102 Å². The van der Waals surface area contributed by atoms with Crippen molar-refractivity contribution in [2.75, 3.05) is 13.1 Å². The van der Waals surface area contributed by atoms with Gasteiger partial charge in [-0.3, -0.25) is 0 Å². The fourth-order valence-corrected chi connectivity index (χ4v) is 1.87. The number of nitrogens with zero attached hydrogens (tertiary/aromatic N) is 1. The molecule has 1 aliphatic rings. The molecule has 0 bridgehead atoms. The van der Waals surface area contributed by atoms with Gasteiger partial charge in [-0.25, -0.2) is 4.79 Å². The maximum atomic E-state index is 11.8. The van der Waals surface area contributed by atoms with Gasteiger partial charge in [0.2, 0.25) is 0 Å². The van der Waals surface area contributed by atoms with Crippen molar-refractivity contribution in [3.8, 4) is 0 Å². The molecule has 1 amide bonds. The third kappa shape index (κ3) is 3.57. The van der Waals surface area contributed by atoms with E-state index in [1.807, 2.05) is 6.92 Å². The second kappa shape index (κ2) is 4.82. The highest BCUT2D eigenvalue weighted by atomic mass is 16.6. The van der Waals surface area contributed by atoms with E-state index in [-0.39, 0.29) is 6.54 Å². The van der Waals surface area contributed by atoms with Crippen LogP contribution in [0, 0.1) is 0 Å². The van der Waals surface area contributed by atoms with Gasteiger partial charge in [-0.15, -0.1) is 0 Å². The van der Waals surface area contributed by atoms with E-state index in [9.17, 15) is 15.0 Å². The number of β-amino-alcohol motifs (C(OH)–C–C–N with tert-alkyl or cyclic N) is 1. The van der Waals surface area contributed by atoms with Gasteiger partial charge in [0.05, 0.1) is 12.1 Å². The maximum absolute atomic E-state index is 11.8. The van der Waals surface area contributed by atoms with Crippen LogP contribution < -0.4 is 0 Å². The summed E-state index contributed by atoms with van der Waals surface area (Å²) in [6.45, 7) is 7.76. The molecule has 0 aromatic heterocycles. The third-order valence-electron chi connectivity index (χ3n) is 3.09. The van der Waals surface area contributed by atoms with Gasteiger partial charge in [-0.2, -0.15) is 0 Å². The van der Waals surface area contributed by atoms with Crippen molar-refractivity contribution in [2.45, 2.75) is 57.8 Å². The zero-order chi connectivity index (χ0) is 13.3. The lowest BCUT2D eigenvalue weighted by Crippen LogP contribution is -2.57. The van der Waals surface area contributed by atoms with Crippen molar-refractivity contribution < 1.29 is 19.7 Å². The van der Waals surface area contributed by atoms with Gasteiger partial charge in [-0.1, -0.05) is 6.92 Å². The Kier molecular flexibility index (Phi) is 4.04. The first-order chi connectivity index (χ1) is 7.68. The Morgan fingerprint density at radius 1 is 1.53 bits per heavy atom. The summed E-state index contributed by atoms with van der Waals surface area (Å²) in [5, 5.41) is 19.9. The predicted molar refractivity (Wildman–Crippen MR) is 63.7 cm³/mol. The van der Waals surface area contributed by atoms with E-state index in [2.05, 4.69) is 0 Å². The fourth-order valence-electron chi connectivity index (χ4n) is 1.87. The summed E-state index contributed by atoms with van der Waals surface area (Å²) in [5.74, 6) is 0. The lowest BCUT2D eigenvalue weighted by atomic mass is 9.86. The molecule has 1 rings (SSSR count). The van der Waals surface area contributed by atoms with Crippen LogP contribution in [0.3, 0.4) is 0 Å².